The molecule has 0 amide bonds. The van der Waals surface area contributed by atoms with Gasteiger partial charge in [0.05, 0.1) is 6.61 Å². The fraction of sp³-hybridized carbons (Fsp3) is 1.00. The van der Waals surface area contributed by atoms with Crippen molar-refractivity contribution in [2.75, 3.05) is 13.2 Å². The summed E-state index contributed by atoms with van der Waals surface area (Å²) in [7, 11) is 0. The van der Waals surface area contributed by atoms with E-state index in [1.807, 2.05) is 0 Å². The molecule has 0 unspecified atom stereocenters. The highest BCUT2D eigenvalue weighted by molar-refractivity contribution is 4.60. The Morgan fingerprint density at radius 1 is 1.27 bits per heavy atom. The van der Waals surface area contributed by atoms with Crippen LogP contribution >= 0.6 is 0 Å². The number of aliphatic hydroxyl groups excluding tert-OH is 2. The maximum atomic E-state index is 8.46. The topological polar surface area (TPSA) is 66.5 Å². The number of rotatable bonds is 3. The van der Waals surface area contributed by atoms with Crippen LogP contribution in [0.4, 0.5) is 0 Å². The quantitative estimate of drug-likeness (QED) is 0.562. The van der Waals surface area contributed by atoms with Crippen LogP contribution in [0.3, 0.4) is 0 Å². The second-order valence-electron chi connectivity index (χ2n) is 2.89. The summed E-state index contributed by atoms with van der Waals surface area (Å²) in [5.74, 6) is 0.595. The van der Waals surface area contributed by atoms with Crippen molar-refractivity contribution in [3.63, 3.8) is 0 Å². The monoisotopic (exact) mass is 163 g/mol. The number of hydrogen-bond acceptors (Lipinski definition) is 3. The van der Waals surface area contributed by atoms with E-state index >= 15 is 0 Å². The molecule has 11 heavy (non-hydrogen) atoms. The summed E-state index contributed by atoms with van der Waals surface area (Å²) in [5.41, 5.74) is 5.42. The molecule has 0 aliphatic carbocycles. The third-order valence-corrected chi connectivity index (χ3v) is 1.01. The van der Waals surface area contributed by atoms with Crippen molar-refractivity contribution >= 4 is 0 Å². The van der Waals surface area contributed by atoms with Gasteiger partial charge in [-0.05, 0) is 19.3 Å². The molecule has 0 heterocycles. The highest BCUT2D eigenvalue weighted by Gasteiger charge is 2.01. The average Bonchev–Trinajstić information content (AvgIpc) is 1.88. The molecule has 0 aromatic rings. The Morgan fingerprint density at radius 2 is 1.64 bits per heavy atom. The summed E-state index contributed by atoms with van der Waals surface area (Å²) < 4.78 is 0. The molecular formula is C8H21NO2. The summed E-state index contributed by atoms with van der Waals surface area (Å²) in [6.07, 6.45) is 0.913. The summed E-state index contributed by atoms with van der Waals surface area (Å²) in [4.78, 5) is 0. The Kier molecular flexibility index (Phi) is 12.1. The Labute approximate surface area is 69.2 Å². The van der Waals surface area contributed by atoms with Gasteiger partial charge in [-0.1, -0.05) is 13.8 Å². The summed E-state index contributed by atoms with van der Waals surface area (Å²) >= 11 is 0. The smallest absolute Gasteiger partial charge is 0.0582 e. The Bertz CT molecular complexity index is 67.1. The van der Waals surface area contributed by atoms with Crippen molar-refractivity contribution in [3.8, 4) is 0 Å². The van der Waals surface area contributed by atoms with E-state index in [1.54, 1.807) is 6.92 Å². The standard InChI is InChI=1S/C6H15NO.C2H6O/c1-5(2)3-6(7)4-8;1-2-3/h5-6,8H,3-4,7H2,1-2H3;3H,2H2,1H3/t6-;/m1./s1. The zero-order chi connectivity index (χ0) is 9.28. The van der Waals surface area contributed by atoms with Gasteiger partial charge in [-0.15, -0.1) is 0 Å². The van der Waals surface area contributed by atoms with Gasteiger partial charge in [-0.25, -0.2) is 0 Å². The van der Waals surface area contributed by atoms with E-state index in [1.165, 1.54) is 0 Å². The average molecular weight is 163 g/mol. The lowest BCUT2D eigenvalue weighted by Gasteiger charge is -2.09. The molecule has 0 bridgehead atoms. The van der Waals surface area contributed by atoms with Crippen LogP contribution in [0.1, 0.15) is 27.2 Å². The second kappa shape index (κ2) is 9.88. The molecule has 0 fully saturated rings. The third-order valence-electron chi connectivity index (χ3n) is 1.01. The molecule has 0 rings (SSSR count). The minimum atomic E-state index is -0.0185. The zero-order valence-electron chi connectivity index (χ0n) is 7.75. The molecule has 0 spiro atoms. The molecule has 0 aromatic carbocycles. The minimum Gasteiger partial charge on any atom is -0.397 e. The fourth-order valence-corrected chi connectivity index (χ4v) is 0.680. The van der Waals surface area contributed by atoms with Crippen molar-refractivity contribution in [2.24, 2.45) is 11.7 Å². The first-order valence-corrected chi connectivity index (χ1v) is 4.05. The van der Waals surface area contributed by atoms with E-state index < -0.39 is 0 Å². The lowest BCUT2D eigenvalue weighted by atomic mass is 10.1. The molecule has 3 nitrogen and oxygen atoms in total. The van der Waals surface area contributed by atoms with Gasteiger partial charge in [0.1, 0.15) is 0 Å². The van der Waals surface area contributed by atoms with Crippen LogP contribution < -0.4 is 5.73 Å². The van der Waals surface area contributed by atoms with Crippen LogP contribution in [-0.4, -0.2) is 29.5 Å². The van der Waals surface area contributed by atoms with E-state index in [9.17, 15) is 0 Å². The van der Waals surface area contributed by atoms with Crippen molar-refractivity contribution in [3.05, 3.63) is 0 Å². The minimum absolute atomic E-state index is 0.0185. The van der Waals surface area contributed by atoms with Crippen LogP contribution in [-0.2, 0) is 0 Å². The predicted molar refractivity (Wildman–Crippen MR) is 47.3 cm³/mol. The molecule has 0 radical (unpaired) electrons. The van der Waals surface area contributed by atoms with Crippen LogP contribution in [0, 0.1) is 5.92 Å². The molecule has 0 saturated carbocycles. The highest BCUT2D eigenvalue weighted by atomic mass is 16.3. The number of aliphatic hydroxyl groups is 2. The lowest BCUT2D eigenvalue weighted by molar-refractivity contribution is 0.250. The Morgan fingerprint density at radius 3 is 1.73 bits per heavy atom. The molecule has 1 atom stereocenters. The van der Waals surface area contributed by atoms with Gasteiger partial charge in [-0.3, -0.25) is 0 Å². The van der Waals surface area contributed by atoms with Crippen molar-refractivity contribution in [1.82, 2.24) is 0 Å². The van der Waals surface area contributed by atoms with E-state index in [0.29, 0.717) is 5.92 Å². The van der Waals surface area contributed by atoms with Crippen LogP contribution in [0.15, 0.2) is 0 Å². The molecule has 3 heteroatoms. The van der Waals surface area contributed by atoms with Gasteiger partial charge in [0.25, 0.3) is 0 Å². The van der Waals surface area contributed by atoms with E-state index in [-0.39, 0.29) is 19.3 Å². The maximum Gasteiger partial charge on any atom is 0.0582 e. The van der Waals surface area contributed by atoms with Gasteiger partial charge in [0, 0.05) is 12.6 Å². The lowest BCUT2D eigenvalue weighted by Crippen LogP contribution is -2.25. The SMILES string of the molecule is CC(C)C[C@@H](N)CO.CCO. The fourth-order valence-electron chi connectivity index (χ4n) is 0.680. The van der Waals surface area contributed by atoms with Gasteiger partial charge < -0.3 is 15.9 Å². The molecular weight excluding hydrogens is 142 g/mol. The van der Waals surface area contributed by atoms with Gasteiger partial charge in [-0.2, -0.15) is 0 Å². The van der Waals surface area contributed by atoms with Gasteiger partial charge in [0.2, 0.25) is 0 Å². The van der Waals surface area contributed by atoms with Crippen LogP contribution in [0.25, 0.3) is 0 Å². The normalized spacial score (nSPS) is 12.3. The van der Waals surface area contributed by atoms with Gasteiger partial charge >= 0.3 is 0 Å². The molecule has 0 aliphatic rings. The van der Waals surface area contributed by atoms with Crippen LogP contribution in [0.5, 0.6) is 0 Å². The molecule has 0 aromatic heterocycles. The first-order chi connectivity index (χ1) is 5.08. The highest BCUT2D eigenvalue weighted by Crippen LogP contribution is 2.00. The van der Waals surface area contributed by atoms with Crippen LogP contribution in [0.2, 0.25) is 0 Å². The first kappa shape index (κ1) is 13.5. The first-order valence-electron chi connectivity index (χ1n) is 4.05. The summed E-state index contributed by atoms with van der Waals surface area (Å²) in [6, 6.07) is -0.0185. The van der Waals surface area contributed by atoms with E-state index in [0.717, 1.165) is 6.42 Å². The van der Waals surface area contributed by atoms with Gasteiger partial charge in [0.15, 0.2) is 0 Å². The van der Waals surface area contributed by atoms with Crippen molar-refractivity contribution in [1.29, 1.82) is 0 Å². The van der Waals surface area contributed by atoms with E-state index in [4.69, 9.17) is 15.9 Å². The molecule has 0 saturated heterocycles. The predicted octanol–water partition coefficient (Wildman–Crippen LogP) is 0.351. The summed E-state index contributed by atoms with van der Waals surface area (Å²) in [6.45, 7) is 6.23. The van der Waals surface area contributed by atoms with Crippen molar-refractivity contribution in [2.45, 2.75) is 33.2 Å². The third kappa shape index (κ3) is 17.7. The van der Waals surface area contributed by atoms with Crippen molar-refractivity contribution < 1.29 is 10.2 Å². The Hall–Kier alpha value is -0.120. The molecule has 0 aliphatic heterocycles. The molecule has 4 N–H and O–H groups in total. The zero-order valence-corrected chi connectivity index (χ0v) is 7.75. The van der Waals surface area contributed by atoms with E-state index in [2.05, 4.69) is 13.8 Å². The Balaban J connectivity index is 0. The number of nitrogens with two attached hydrogens (primary N) is 1. The molecule has 70 valence electrons. The number of hydrogen-bond donors (Lipinski definition) is 3. The maximum absolute atomic E-state index is 8.46. The largest absolute Gasteiger partial charge is 0.397 e. The summed E-state index contributed by atoms with van der Waals surface area (Å²) in [5, 5.41) is 16.0. The second-order valence-corrected chi connectivity index (χ2v) is 2.89.